The van der Waals surface area contributed by atoms with Gasteiger partial charge in [0.2, 0.25) is 0 Å². The highest BCUT2D eigenvalue weighted by Gasteiger charge is 2.13. The van der Waals surface area contributed by atoms with E-state index in [1.807, 2.05) is 13.0 Å². The Morgan fingerprint density at radius 2 is 1.95 bits per heavy atom. The van der Waals surface area contributed by atoms with Crippen LogP contribution in [0.5, 0.6) is 0 Å². The summed E-state index contributed by atoms with van der Waals surface area (Å²) in [6, 6.07) is 7.08. The summed E-state index contributed by atoms with van der Waals surface area (Å²) in [6.07, 6.45) is 0.372. The number of carbonyl (C=O) groups is 1. The van der Waals surface area contributed by atoms with Gasteiger partial charge >= 0.3 is 0 Å². The molecular formula is C15H18F2OS. The molecule has 0 radical (unpaired) electrons. The Bertz CT molecular complexity index is 465. The number of unbranched alkanes of at least 4 members (excludes halogenated alkanes) is 1. The van der Waals surface area contributed by atoms with Gasteiger partial charge in [-0.15, -0.1) is 0 Å². The van der Waals surface area contributed by atoms with Crippen LogP contribution in [0.2, 0.25) is 0 Å². The lowest BCUT2D eigenvalue weighted by atomic mass is 9.97. The van der Waals surface area contributed by atoms with Crippen LogP contribution in [0.15, 0.2) is 30.3 Å². The van der Waals surface area contributed by atoms with Gasteiger partial charge in [0.25, 0.3) is 6.08 Å². The van der Waals surface area contributed by atoms with Crippen LogP contribution >= 0.6 is 11.8 Å². The summed E-state index contributed by atoms with van der Waals surface area (Å²) in [4.78, 5) is 11.0. The van der Waals surface area contributed by atoms with Crippen molar-refractivity contribution in [3.63, 3.8) is 0 Å². The quantitative estimate of drug-likeness (QED) is 0.708. The van der Waals surface area contributed by atoms with Crippen LogP contribution < -0.4 is 0 Å². The monoisotopic (exact) mass is 284 g/mol. The molecule has 1 aromatic rings. The van der Waals surface area contributed by atoms with Crippen LogP contribution in [0.1, 0.15) is 44.2 Å². The molecule has 0 unspecified atom stereocenters. The lowest BCUT2D eigenvalue weighted by molar-refractivity contribution is -0.109. The first-order valence-electron chi connectivity index (χ1n) is 6.32. The molecule has 0 aromatic heterocycles. The Balaban J connectivity index is 3.02. The number of rotatable bonds is 6. The zero-order valence-corrected chi connectivity index (χ0v) is 12.0. The van der Waals surface area contributed by atoms with Crippen molar-refractivity contribution >= 4 is 22.5 Å². The highest BCUT2D eigenvalue weighted by atomic mass is 32.2. The summed E-state index contributed by atoms with van der Waals surface area (Å²) < 4.78 is 26.2. The molecule has 1 rings (SSSR count). The van der Waals surface area contributed by atoms with Gasteiger partial charge in [-0.25, -0.2) is 0 Å². The van der Waals surface area contributed by atoms with Gasteiger partial charge in [0, 0.05) is 18.2 Å². The van der Waals surface area contributed by atoms with Crippen LogP contribution in [0.25, 0.3) is 5.57 Å². The van der Waals surface area contributed by atoms with Gasteiger partial charge < -0.3 is 0 Å². The standard InChI is InChI=1S/C15H18F2OS/c1-3-4-8-14(15(16)17)13-9-6-5-7-12(13)10-19-11(2)18/h5-7,9H,3-4,8,10H2,1-2H3. The molecular weight excluding hydrogens is 266 g/mol. The predicted molar refractivity (Wildman–Crippen MR) is 77.1 cm³/mol. The van der Waals surface area contributed by atoms with Crippen molar-refractivity contribution < 1.29 is 13.6 Å². The first kappa shape index (κ1) is 15.9. The summed E-state index contributed by atoms with van der Waals surface area (Å²) in [5.74, 6) is 0.439. The predicted octanol–water partition coefficient (Wildman–Crippen LogP) is 5.26. The Morgan fingerprint density at radius 3 is 2.53 bits per heavy atom. The molecule has 0 atom stereocenters. The third-order valence-electron chi connectivity index (χ3n) is 2.78. The summed E-state index contributed by atoms with van der Waals surface area (Å²) in [5, 5.41) is -0.00499. The van der Waals surface area contributed by atoms with E-state index in [0.29, 0.717) is 17.7 Å². The normalized spacial score (nSPS) is 10.3. The average Bonchev–Trinajstić information content (AvgIpc) is 2.37. The first-order chi connectivity index (χ1) is 9.06. The molecule has 0 aliphatic rings. The van der Waals surface area contributed by atoms with Crippen molar-refractivity contribution in [3.8, 4) is 0 Å². The number of thioether (sulfide) groups is 1. The fourth-order valence-electron chi connectivity index (χ4n) is 1.80. The number of benzene rings is 1. The van der Waals surface area contributed by atoms with Gasteiger partial charge in [-0.3, -0.25) is 4.79 Å². The third kappa shape index (κ3) is 5.15. The van der Waals surface area contributed by atoms with Gasteiger partial charge in [0.1, 0.15) is 0 Å². The molecule has 0 fully saturated rings. The van der Waals surface area contributed by atoms with E-state index in [4.69, 9.17) is 0 Å². The molecule has 0 amide bonds. The van der Waals surface area contributed by atoms with Crippen LogP contribution in [-0.4, -0.2) is 5.12 Å². The van der Waals surface area contributed by atoms with Gasteiger partial charge in [-0.1, -0.05) is 49.4 Å². The largest absolute Gasteiger partial charge is 0.288 e. The van der Waals surface area contributed by atoms with E-state index in [9.17, 15) is 13.6 Å². The van der Waals surface area contributed by atoms with Crippen molar-refractivity contribution in [2.24, 2.45) is 0 Å². The minimum absolute atomic E-state index is 0.00499. The molecule has 0 N–H and O–H groups in total. The van der Waals surface area contributed by atoms with Crippen molar-refractivity contribution in [3.05, 3.63) is 41.5 Å². The van der Waals surface area contributed by atoms with Crippen molar-refractivity contribution in [1.82, 2.24) is 0 Å². The van der Waals surface area contributed by atoms with Gasteiger partial charge in [-0.05, 0) is 24.0 Å². The molecule has 1 aromatic carbocycles. The highest BCUT2D eigenvalue weighted by molar-refractivity contribution is 8.12. The van der Waals surface area contributed by atoms with Crippen molar-refractivity contribution in [2.45, 2.75) is 38.9 Å². The number of hydrogen-bond acceptors (Lipinski definition) is 2. The van der Waals surface area contributed by atoms with E-state index in [1.54, 1.807) is 18.2 Å². The zero-order chi connectivity index (χ0) is 14.3. The van der Waals surface area contributed by atoms with Gasteiger partial charge in [0.15, 0.2) is 5.12 Å². The fraction of sp³-hybridized carbons (Fsp3) is 0.400. The summed E-state index contributed by atoms with van der Waals surface area (Å²) in [5.41, 5.74) is 1.48. The van der Waals surface area contributed by atoms with E-state index in [0.717, 1.165) is 30.2 Å². The zero-order valence-electron chi connectivity index (χ0n) is 11.2. The summed E-state index contributed by atoms with van der Waals surface area (Å²) in [6.45, 7) is 3.46. The third-order valence-corrected chi connectivity index (χ3v) is 3.64. The second kappa shape index (κ2) is 8.10. The minimum Gasteiger partial charge on any atom is -0.288 e. The molecule has 0 aliphatic carbocycles. The maximum absolute atomic E-state index is 13.1. The van der Waals surface area contributed by atoms with Crippen LogP contribution in [0, 0.1) is 0 Å². The van der Waals surface area contributed by atoms with Gasteiger partial charge in [0.05, 0.1) is 0 Å². The lowest BCUT2D eigenvalue weighted by Gasteiger charge is -2.11. The fourth-order valence-corrected chi connectivity index (χ4v) is 2.41. The molecule has 104 valence electrons. The second-order valence-electron chi connectivity index (χ2n) is 4.28. The van der Waals surface area contributed by atoms with E-state index >= 15 is 0 Å². The van der Waals surface area contributed by atoms with E-state index in [-0.39, 0.29) is 10.7 Å². The first-order valence-corrected chi connectivity index (χ1v) is 7.30. The molecule has 0 aliphatic heterocycles. The molecule has 0 heterocycles. The molecule has 19 heavy (non-hydrogen) atoms. The molecule has 0 saturated carbocycles. The maximum Gasteiger partial charge on any atom is 0.274 e. The summed E-state index contributed by atoms with van der Waals surface area (Å²) in [7, 11) is 0. The minimum atomic E-state index is -1.62. The topological polar surface area (TPSA) is 17.1 Å². The van der Waals surface area contributed by atoms with E-state index < -0.39 is 6.08 Å². The maximum atomic E-state index is 13.1. The van der Waals surface area contributed by atoms with Crippen LogP contribution in [0.4, 0.5) is 8.78 Å². The Morgan fingerprint density at radius 1 is 1.26 bits per heavy atom. The Kier molecular flexibility index (Phi) is 6.78. The molecule has 0 spiro atoms. The number of allylic oxidation sites excluding steroid dienone is 1. The van der Waals surface area contributed by atoms with Gasteiger partial charge in [-0.2, -0.15) is 8.78 Å². The van der Waals surface area contributed by atoms with Crippen molar-refractivity contribution in [1.29, 1.82) is 0 Å². The molecule has 0 saturated heterocycles. The van der Waals surface area contributed by atoms with Crippen LogP contribution in [0.3, 0.4) is 0 Å². The average molecular weight is 284 g/mol. The Hall–Kier alpha value is -1.16. The number of hydrogen-bond donors (Lipinski definition) is 0. The van der Waals surface area contributed by atoms with E-state index in [2.05, 4.69) is 0 Å². The van der Waals surface area contributed by atoms with E-state index in [1.165, 1.54) is 6.92 Å². The van der Waals surface area contributed by atoms with Crippen LogP contribution in [-0.2, 0) is 10.5 Å². The molecule has 0 bridgehead atoms. The number of halogens is 2. The molecule has 1 nitrogen and oxygen atoms in total. The number of carbonyl (C=O) groups excluding carboxylic acids is 1. The SMILES string of the molecule is CCCCC(=C(F)F)c1ccccc1CSC(C)=O. The van der Waals surface area contributed by atoms with Crippen molar-refractivity contribution in [2.75, 3.05) is 0 Å². The summed E-state index contributed by atoms with van der Waals surface area (Å²) >= 11 is 1.15. The lowest BCUT2D eigenvalue weighted by Crippen LogP contribution is -1.95. The second-order valence-corrected chi connectivity index (χ2v) is 5.43. The smallest absolute Gasteiger partial charge is 0.274 e. The highest BCUT2D eigenvalue weighted by Crippen LogP contribution is 2.30. The molecule has 4 heteroatoms. The Labute approximate surface area is 117 Å².